The quantitative estimate of drug-likeness (QED) is 0.480. The van der Waals surface area contributed by atoms with Crippen LogP contribution in [0.4, 0.5) is 20.8 Å². The molecule has 0 unspecified atom stereocenters. The molecule has 1 amide bonds. The van der Waals surface area contributed by atoms with Crippen molar-refractivity contribution >= 4 is 23.2 Å². The molecule has 0 aromatic carbocycles. The van der Waals surface area contributed by atoms with E-state index in [4.69, 9.17) is 9.47 Å². The fraction of sp³-hybridized carbons (Fsp3) is 0.500. The number of fused-ring (bicyclic) bond motifs is 1. The summed E-state index contributed by atoms with van der Waals surface area (Å²) in [6, 6.07) is 5.61. The van der Waals surface area contributed by atoms with E-state index in [1.807, 2.05) is 19.1 Å². The van der Waals surface area contributed by atoms with E-state index in [1.54, 1.807) is 17.7 Å². The summed E-state index contributed by atoms with van der Waals surface area (Å²) in [5.74, 6) is 0.704. The summed E-state index contributed by atoms with van der Waals surface area (Å²) in [6.45, 7) is 2.26. The Morgan fingerprint density at radius 1 is 1.41 bits per heavy atom. The maximum absolute atomic E-state index is 14.6. The third kappa shape index (κ3) is 4.51. The first-order valence-electron chi connectivity index (χ1n) is 11.1. The number of ether oxygens (including phenoxy) is 2. The van der Waals surface area contributed by atoms with Crippen LogP contribution in [0.5, 0.6) is 0 Å². The maximum Gasteiger partial charge on any atom is 0.407 e. The van der Waals surface area contributed by atoms with Crippen LogP contribution in [0.2, 0.25) is 0 Å². The van der Waals surface area contributed by atoms with E-state index >= 15 is 0 Å². The second kappa shape index (κ2) is 8.57. The van der Waals surface area contributed by atoms with Crippen molar-refractivity contribution in [3.05, 3.63) is 35.4 Å². The lowest BCUT2D eigenvalue weighted by atomic mass is 10.0. The summed E-state index contributed by atoms with van der Waals surface area (Å²) < 4.78 is 26.6. The molecule has 0 radical (unpaired) electrons. The molecule has 2 saturated carbocycles. The number of methoxy groups -OCH3 is 1. The molecule has 3 aromatic heterocycles. The largest absolute Gasteiger partial charge is 0.443 e. The van der Waals surface area contributed by atoms with E-state index in [1.165, 1.54) is 6.20 Å². The van der Waals surface area contributed by atoms with E-state index in [0.717, 1.165) is 18.5 Å². The second-order valence-electron chi connectivity index (χ2n) is 9.13. The van der Waals surface area contributed by atoms with E-state index in [2.05, 4.69) is 30.9 Å². The number of alkyl halides is 1. The zero-order valence-corrected chi connectivity index (χ0v) is 18.8. The number of anilines is 2. The molecule has 3 atom stereocenters. The Kier molecular flexibility index (Phi) is 5.57. The van der Waals surface area contributed by atoms with Crippen molar-refractivity contribution in [1.29, 1.82) is 5.26 Å². The monoisotopic (exact) mass is 468 g/mol. The highest BCUT2D eigenvalue weighted by atomic mass is 19.1. The normalized spacial score (nSPS) is 22.9. The van der Waals surface area contributed by atoms with Gasteiger partial charge in [-0.3, -0.25) is 5.10 Å². The number of rotatable bonds is 7. The fourth-order valence-electron chi connectivity index (χ4n) is 4.19. The Bertz CT molecular complexity index is 1260. The molecule has 2 aliphatic rings. The lowest BCUT2D eigenvalue weighted by Gasteiger charge is -2.17. The molecule has 3 heterocycles. The molecule has 2 fully saturated rings. The first-order valence-corrected chi connectivity index (χ1v) is 11.1. The maximum atomic E-state index is 14.6. The number of carbonyl (C=O) groups is 1. The summed E-state index contributed by atoms with van der Waals surface area (Å²) in [7, 11) is 1.58. The van der Waals surface area contributed by atoms with E-state index < -0.39 is 18.4 Å². The minimum absolute atomic E-state index is 0.172. The number of alkyl carbamates (subject to hydrolysis) is 1. The zero-order valence-electron chi connectivity index (χ0n) is 18.8. The van der Waals surface area contributed by atoms with Gasteiger partial charge in [0, 0.05) is 30.3 Å². The first kappa shape index (κ1) is 22.1. The van der Waals surface area contributed by atoms with Gasteiger partial charge in [0.2, 0.25) is 0 Å². The molecule has 178 valence electrons. The Labute approximate surface area is 194 Å². The van der Waals surface area contributed by atoms with E-state index in [0.29, 0.717) is 35.9 Å². The molecule has 3 N–H and O–H groups in total. The van der Waals surface area contributed by atoms with Gasteiger partial charge in [-0.2, -0.15) is 15.5 Å². The number of aromatic amines is 1. The number of halogens is 1. The van der Waals surface area contributed by atoms with E-state index in [-0.39, 0.29) is 23.6 Å². The molecule has 2 aliphatic carbocycles. The minimum Gasteiger partial charge on any atom is -0.443 e. The Morgan fingerprint density at radius 3 is 2.97 bits per heavy atom. The van der Waals surface area contributed by atoms with Crippen molar-refractivity contribution in [1.82, 2.24) is 30.1 Å². The molecule has 0 bridgehead atoms. The number of nitrogens with zero attached hydrogens (tertiary/aromatic N) is 5. The minimum atomic E-state index is -1.25. The van der Waals surface area contributed by atoms with Crippen LogP contribution in [0.3, 0.4) is 0 Å². The molecule has 34 heavy (non-hydrogen) atoms. The smallest absolute Gasteiger partial charge is 0.407 e. The Morgan fingerprint density at radius 2 is 2.24 bits per heavy atom. The Balaban J connectivity index is 1.28. The number of hydrogen-bond acceptors (Lipinski definition) is 8. The lowest BCUT2D eigenvalue weighted by Crippen LogP contribution is -2.38. The van der Waals surface area contributed by atoms with Gasteiger partial charge in [0.1, 0.15) is 23.9 Å². The molecule has 0 spiro atoms. The summed E-state index contributed by atoms with van der Waals surface area (Å²) in [4.78, 5) is 16.4. The van der Waals surface area contributed by atoms with Crippen LogP contribution in [-0.2, 0) is 16.1 Å². The molecular formula is C22H25FN8O3. The second-order valence-corrected chi connectivity index (χ2v) is 9.13. The molecular weight excluding hydrogens is 443 g/mol. The lowest BCUT2D eigenvalue weighted by molar-refractivity contribution is 0.0583. The van der Waals surface area contributed by atoms with Gasteiger partial charge < -0.3 is 20.1 Å². The number of aromatic nitrogens is 5. The summed E-state index contributed by atoms with van der Waals surface area (Å²) in [5.41, 5.74) is 2.05. The van der Waals surface area contributed by atoms with Crippen LogP contribution in [-0.4, -0.2) is 55.8 Å². The van der Waals surface area contributed by atoms with Crippen LogP contribution >= 0.6 is 0 Å². The van der Waals surface area contributed by atoms with Crippen molar-refractivity contribution in [3.8, 4) is 6.07 Å². The number of nitriles is 1. The number of amides is 1. The summed E-state index contributed by atoms with van der Waals surface area (Å²) in [6.07, 6.45) is 1.33. The number of nitrogens with one attached hydrogen (secondary N) is 3. The summed E-state index contributed by atoms with van der Waals surface area (Å²) >= 11 is 0. The fourth-order valence-corrected chi connectivity index (χ4v) is 4.19. The van der Waals surface area contributed by atoms with Gasteiger partial charge in [-0.25, -0.2) is 18.7 Å². The van der Waals surface area contributed by atoms with Crippen molar-refractivity contribution in [2.24, 2.45) is 0 Å². The highest BCUT2D eigenvalue weighted by Crippen LogP contribution is 2.39. The molecule has 0 saturated heterocycles. The van der Waals surface area contributed by atoms with Crippen molar-refractivity contribution in [2.45, 2.75) is 62.9 Å². The van der Waals surface area contributed by atoms with Crippen molar-refractivity contribution < 1.29 is 18.7 Å². The number of H-pyrrole nitrogens is 1. The van der Waals surface area contributed by atoms with Gasteiger partial charge in [0.25, 0.3) is 0 Å². The standard InChI is InChI=1S/C22H25FN8O3/c1-22(3-4-22)27-21(32)34-18-6-12(5-15(18)23)16-8-19(29-28-16)26-20-17-7-13(11-33-2)30-31(17)10-14(9-24)25-20/h7-8,10,12,15,18H,3-6,11H2,1-2H3,(H,27,32)(H2,25,26,28,29)/t12-,15+,18-/m0/s1. The molecule has 12 heteroatoms. The predicted octanol–water partition coefficient (Wildman–Crippen LogP) is 3.08. The highest BCUT2D eigenvalue weighted by Gasteiger charge is 2.42. The van der Waals surface area contributed by atoms with Gasteiger partial charge in [-0.1, -0.05) is 0 Å². The third-order valence-electron chi connectivity index (χ3n) is 6.29. The van der Waals surface area contributed by atoms with Gasteiger partial charge in [0.15, 0.2) is 17.3 Å². The van der Waals surface area contributed by atoms with Gasteiger partial charge in [0.05, 0.1) is 18.5 Å². The highest BCUT2D eigenvalue weighted by molar-refractivity contribution is 5.73. The molecule has 11 nitrogen and oxygen atoms in total. The van der Waals surface area contributed by atoms with Crippen LogP contribution in [0.25, 0.3) is 5.52 Å². The molecule has 0 aliphatic heterocycles. The molecule has 3 aromatic rings. The SMILES string of the molecule is COCc1cc2c(Nc3cc([C@H]4C[C@@H](F)[C@@H](OC(=O)NC5(C)CC5)C4)[nH]n3)nc(C#N)cn2n1. The predicted molar refractivity (Wildman–Crippen MR) is 118 cm³/mol. The zero-order chi connectivity index (χ0) is 23.9. The average Bonchev–Trinajstić information content (AvgIpc) is 3.15. The van der Waals surface area contributed by atoms with Crippen LogP contribution in [0.1, 0.15) is 55.6 Å². The van der Waals surface area contributed by atoms with Crippen molar-refractivity contribution in [2.75, 3.05) is 12.4 Å². The third-order valence-corrected chi connectivity index (χ3v) is 6.29. The summed E-state index contributed by atoms with van der Waals surface area (Å²) in [5, 5.41) is 26.8. The Hall–Kier alpha value is -3.72. The molecule has 5 rings (SSSR count). The van der Waals surface area contributed by atoms with Crippen LogP contribution < -0.4 is 10.6 Å². The van der Waals surface area contributed by atoms with Crippen molar-refractivity contribution in [3.63, 3.8) is 0 Å². The van der Waals surface area contributed by atoms with Gasteiger partial charge in [-0.05, 0) is 38.7 Å². The topological polar surface area (TPSA) is 142 Å². The van der Waals surface area contributed by atoms with Gasteiger partial charge in [-0.15, -0.1) is 0 Å². The van der Waals surface area contributed by atoms with Crippen LogP contribution in [0, 0.1) is 11.3 Å². The first-order chi connectivity index (χ1) is 16.4. The van der Waals surface area contributed by atoms with Gasteiger partial charge >= 0.3 is 6.09 Å². The number of hydrogen-bond donors (Lipinski definition) is 3. The number of carbonyl (C=O) groups excluding carboxylic acids is 1. The van der Waals surface area contributed by atoms with Crippen LogP contribution in [0.15, 0.2) is 18.3 Å². The van der Waals surface area contributed by atoms with E-state index in [9.17, 15) is 14.4 Å². The average molecular weight is 468 g/mol.